The minimum atomic E-state index is -4.43. The Hall–Kier alpha value is -1.41. The minimum Gasteiger partial charge on any atom is -0.344 e. The Kier molecular flexibility index (Phi) is 4.38. The van der Waals surface area contributed by atoms with Crippen molar-refractivity contribution in [3.8, 4) is 0 Å². The van der Waals surface area contributed by atoms with Crippen LogP contribution in [0.2, 0.25) is 0 Å². The molecule has 2 rings (SSSR count). The van der Waals surface area contributed by atoms with Gasteiger partial charge >= 0.3 is 6.18 Å². The van der Waals surface area contributed by atoms with Gasteiger partial charge in [-0.2, -0.15) is 17.5 Å². The summed E-state index contributed by atoms with van der Waals surface area (Å²) in [6.45, 7) is 3.07. The first-order valence-corrected chi connectivity index (χ1v) is 7.37. The first-order chi connectivity index (χ1) is 9.70. The molecule has 0 fully saturated rings. The number of benzene rings is 1. The molecule has 1 N–H and O–H groups in total. The van der Waals surface area contributed by atoms with E-state index in [9.17, 15) is 18.0 Å². The van der Waals surface area contributed by atoms with E-state index in [2.05, 4.69) is 25.6 Å². The molecule has 3 nitrogen and oxygen atoms in total. The molecule has 0 saturated carbocycles. The third-order valence-electron chi connectivity index (χ3n) is 2.76. The smallest absolute Gasteiger partial charge is 0.344 e. The summed E-state index contributed by atoms with van der Waals surface area (Å²) in [6.07, 6.45) is -4.43. The van der Waals surface area contributed by atoms with Crippen molar-refractivity contribution in [2.45, 2.75) is 20.0 Å². The lowest BCUT2D eigenvalue weighted by atomic mass is 10.1. The number of halogens is 4. The Morgan fingerprint density at radius 2 is 2.05 bits per heavy atom. The fourth-order valence-electron chi connectivity index (χ4n) is 1.79. The number of alkyl halides is 3. The summed E-state index contributed by atoms with van der Waals surface area (Å²) in [5.74, 6) is -0.188. The highest BCUT2D eigenvalue weighted by Crippen LogP contribution is 2.36. The van der Waals surface area contributed by atoms with E-state index in [0.717, 1.165) is 23.7 Å². The van der Waals surface area contributed by atoms with Crippen LogP contribution in [0, 0.1) is 6.92 Å². The molecule has 0 atom stereocenters. The molecule has 0 aliphatic rings. The Labute approximate surface area is 131 Å². The highest BCUT2D eigenvalue weighted by Gasteiger charge is 2.31. The van der Waals surface area contributed by atoms with Crippen molar-refractivity contribution in [1.29, 1.82) is 0 Å². The van der Waals surface area contributed by atoms with Crippen molar-refractivity contribution in [3.05, 3.63) is 39.5 Å². The number of nitrogens with one attached hydrogen (secondary N) is 1. The molecule has 112 valence electrons. The van der Waals surface area contributed by atoms with Gasteiger partial charge in [-0.3, -0.25) is 4.79 Å². The number of hydrogen-bond donors (Lipinski definition) is 1. The summed E-state index contributed by atoms with van der Waals surface area (Å²) in [5.41, 5.74) is 0.414. The maximum Gasteiger partial charge on any atom is 0.416 e. The Bertz CT molecular complexity index is 697. The van der Waals surface area contributed by atoms with Crippen molar-refractivity contribution in [2.75, 3.05) is 5.32 Å². The van der Waals surface area contributed by atoms with Gasteiger partial charge in [0.2, 0.25) is 0 Å². The van der Waals surface area contributed by atoms with E-state index in [-0.39, 0.29) is 11.5 Å². The predicted molar refractivity (Wildman–Crippen MR) is 79.3 cm³/mol. The van der Waals surface area contributed by atoms with Crippen LogP contribution in [0.5, 0.6) is 0 Å². The number of aryl methyl sites for hydroxylation is 1. The van der Waals surface area contributed by atoms with E-state index in [1.54, 1.807) is 6.92 Å². The topological polar surface area (TPSA) is 42.0 Å². The zero-order valence-electron chi connectivity index (χ0n) is 11.0. The van der Waals surface area contributed by atoms with Crippen molar-refractivity contribution in [1.82, 2.24) is 4.37 Å². The third kappa shape index (κ3) is 3.44. The lowest BCUT2D eigenvalue weighted by Gasteiger charge is -2.12. The van der Waals surface area contributed by atoms with Gasteiger partial charge in [-0.25, -0.2) is 0 Å². The van der Waals surface area contributed by atoms with Crippen LogP contribution in [0.1, 0.15) is 28.5 Å². The first-order valence-electron chi connectivity index (χ1n) is 5.81. The number of anilines is 2. The molecule has 0 unspecified atom stereocenters. The standard InChI is InChI=1S/C13H10BrF3N2OS/c1-6-11(7(2)20)12(21-19-6)18-10-5-8(13(15,16)17)3-4-9(10)14/h3-5,18H,1-2H3. The lowest BCUT2D eigenvalue weighted by Crippen LogP contribution is -2.06. The van der Waals surface area contributed by atoms with E-state index in [4.69, 9.17) is 0 Å². The van der Waals surface area contributed by atoms with Crippen LogP contribution in [0.3, 0.4) is 0 Å². The second kappa shape index (κ2) is 5.76. The molecule has 8 heteroatoms. The number of ketones is 1. The molecule has 21 heavy (non-hydrogen) atoms. The molecule has 1 aromatic heterocycles. The van der Waals surface area contributed by atoms with Crippen LogP contribution in [0.4, 0.5) is 23.9 Å². The molecule has 1 aromatic carbocycles. The summed E-state index contributed by atoms with van der Waals surface area (Å²) in [6, 6.07) is 3.29. The zero-order valence-corrected chi connectivity index (χ0v) is 13.4. The Balaban J connectivity index is 2.43. The maximum atomic E-state index is 12.7. The third-order valence-corrected chi connectivity index (χ3v) is 4.30. The normalized spacial score (nSPS) is 11.5. The Morgan fingerprint density at radius 3 is 2.62 bits per heavy atom. The maximum absolute atomic E-state index is 12.7. The molecule has 0 amide bonds. The van der Waals surface area contributed by atoms with Gasteiger partial charge in [-0.1, -0.05) is 0 Å². The van der Waals surface area contributed by atoms with Gasteiger partial charge in [-0.05, 0) is 59.5 Å². The molecule has 0 radical (unpaired) electrons. The van der Waals surface area contributed by atoms with Gasteiger partial charge in [0, 0.05) is 4.47 Å². The van der Waals surface area contributed by atoms with Gasteiger partial charge in [-0.15, -0.1) is 0 Å². The molecule has 0 spiro atoms. The number of hydrogen-bond acceptors (Lipinski definition) is 4. The van der Waals surface area contributed by atoms with Crippen LogP contribution in [0.25, 0.3) is 0 Å². The molecule has 0 aliphatic heterocycles. The average Bonchev–Trinajstić information content (AvgIpc) is 2.72. The largest absolute Gasteiger partial charge is 0.416 e. The highest BCUT2D eigenvalue weighted by atomic mass is 79.9. The van der Waals surface area contributed by atoms with E-state index >= 15 is 0 Å². The van der Waals surface area contributed by atoms with E-state index in [0.29, 0.717) is 20.7 Å². The minimum absolute atomic E-state index is 0.188. The summed E-state index contributed by atoms with van der Waals surface area (Å²) in [4.78, 5) is 11.6. The lowest BCUT2D eigenvalue weighted by molar-refractivity contribution is -0.137. The number of rotatable bonds is 3. The molecular weight excluding hydrogens is 369 g/mol. The van der Waals surface area contributed by atoms with Gasteiger partial charge < -0.3 is 5.32 Å². The van der Waals surface area contributed by atoms with Crippen molar-refractivity contribution in [2.24, 2.45) is 0 Å². The monoisotopic (exact) mass is 378 g/mol. The van der Waals surface area contributed by atoms with Crippen molar-refractivity contribution >= 4 is 43.9 Å². The van der Waals surface area contributed by atoms with E-state index in [1.165, 1.54) is 13.0 Å². The average molecular weight is 379 g/mol. The van der Waals surface area contributed by atoms with E-state index in [1.807, 2.05) is 0 Å². The highest BCUT2D eigenvalue weighted by molar-refractivity contribution is 9.10. The summed E-state index contributed by atoms with van der Waals surface area (Å²) >= 11 is 4.23. The van der Waals surface area contributed by atoms with Crippen LogP contribution < -0.4 is 5.32 Å². The van der Waals surface area contributed by atoms with Gasteiger partial charge in [0.1, 0.15) is 5.00 Å². The molecule has 1 heterocycles. The number of carbonyl (C=O) groups excluding carboxylic acids is 1. The number of nitrogens with zero attached hydrogens (tertiary/aromatic N) is 1. The quantitative estimate of drug-likeness (QED) is 0.748. The SMILES string of the molecule is CC(=O)c1c(C)nsc1Nc1cc(C(F)(F)F)ccc1Br. The number of Topliss-reactive ketones (excluding diaryl/α,β-unsaturated/α-hetero) is 1. The summed E-state index contributed by atoms with van der Waals surface area (Å²) in [7, 11) is 0. The second-order valence-electron chi connectivity index (χ2n) is 4.35. The zero-order chi connectivity index (χ0) is 15.8. The number of carbonyl (C=O) groups is 1. The van der Waals surface area contributed by atoms with Gasteiger partial charge in [0.15, 0.2) is 5.78 Å². The van der Waals surface area contributed by atoms with Gasteiger partial charge in [0.25, 0.3) is 0 Å². The molecule has 0 bridgehead atoms. The van der Waals surface area contributed by atoms with Crippen LogP contribution in [-0.4, -0.2) is 10.2 Å². The molecule has 0 aliphatic carbocycles. The molecule has 0 saturated heterocycles. The summed E-state index contributed by atoms with van der Waals surface area (Å²) < 4.78 is 42.8. The van der Waals surface area contributed by atoms with Crippen molar-refractivity contribution < 1.29 is 18.0 Å². The van der Waals surface area contributed by atoms with Crippen LogP contribution in [-0.2, 0) is 6.18 Å². The number of aromatic nitrogens is 1. The molecule has 2 aromatic rings. The Morgan fingerprint density at radius 1 is 1.38 bits per heavy atom. The van der Waals surface area contributed by atoms with Crippen LogP contribution >= 0.6 is 27.5 Å². The fourth-order valence-corrected chi connectivity index (χ4v) is 2.99. The first kappa shape index (κ1) is 16.0. The fraction of sp³-hybridized carbons (Fsp3) is 0.231. The van der Waals surface area contributed by atoms with Crippen molar-refractivity contribution in [3.63, 3.8) is 0 Å². The second-order valence-corrected chi connectivity index (χ2v) is 5.97. The van der Waals surface area contributed by atoms with E-state index < -0.39 is 11.7 Å². The van der Waals surface area contributed by atoms with Crippen LogP contribution in [0.15, 0.2) is 22.7 Å². The molecular formula is C13H10BrF3N2OS. The van der Waals surface area contributed by atoms with Gasteiger partial charge in [0.05, 0.1) is 22.5 Å². The predicted octanol–water partition coefficient (Wildman–Crippen LogP) is 5.18. The summed E-state index contributed by atoms with van der Waals surface area (Å²) in [5, 5.41) is 3.27.